The van der Waals surface area contributed by atoms with Gasteiger partial charge in [0, 0.05) is 19.0 Å². The molecular formula is C14H28N2O2. The highest BCUT2D eigenvalue weighted by Crippen LogP contribution is 2.24. The van der Waals surface area contributed by atoms with Crippen LogP contribution >= 0.6 is 0 Å². The molecule has 1 saturated carbocycles. The van der Waals surface area contributed by atoms with Gasteiger partial charge in [0.25, 0.3) is 0 Å². The molecule has 2 N–H and O–H groups in total. The van der Waals surface area contributed by atoms with Gasteiger partial charge in [0.15, 0.2) is 0 Å². The number of nitrogens with one attached hydrogen (secondary N) is 1. The topological polar surface area (TPSA) is 52.6 Å². The molecule has 0 radical (unpaired) electrons. The van der Waals surface area contributed by atoms with Crippen molar-refractivity contribution in [1.29, 1.82) is 0 Å². The minimum atomic E-state index is -0.189. The van der Waals surface area contributed by atoms with Gasteiger partial charge in [0.2, 0.25) is 5.91 Å². The summed E-state index contributed by atoms with van der Waals surface area (Å²) in [6.07, 6.45) is 3.01. The highest BCUT2D eigenvalue weighted by molar-refractivity contribution is 5.78. The summed E-state index contributed by atoms with van der Waals surface area (Å²) in [5.74, 6) is 0.769. The summed E-state index contributed by atoms with van der Waals surface area (Å²) in [6.45, 7) is 7.11. The van der Waals surface area contributed by atoms with Gasteiger partial charge in [0.05, 0.1) is 6.10 Å². The van der Waals surface area contributed by atoms with Crippen molar-refractivity contribution in [2.24, 2.45) is 11.8 Å². The number of hydrogen-bond donors (Lipinski definition) is 2. The zero-order valence-electron chi connectivity index (χ0n) is 12.0. The van der Waals surface area contributed by atoms with Gasteiger partial charge >= 0.3 is 0 Å². The zero-order valence-corrected chi connectivity index (χ0v) is 12.0. The van der Waals surface area contributed by atoms with E-state index >= 15 is 0 Å². The highest BCUT2D eigenvalue weighted by Gasteiger charge is 2.25. The number of aliphatic hydroxyl groups is 1. The normalized spacial score (nSPS) is 26.1. The van der Waals surface area contributed by atoms with E-state index in [2.05, 4.69) is 31.1 Å². The van der Waals surface area contributed by atoms with Crippen LogP contribution in [0.5, 0.6) is 0 Å². The van der Waals surface area contributed by atoms with E-state index in [1.165, 1.54) is 0 Å². The summed E-state index contributed by atoms with van der Waals surface area (Å²) in [4.78, 5) is 14.2. The molecule has 4 nitrogen and oxygen atoms in total. The number of amides is 1. The maximum Gasteiger partial charge on any atom is 0.223 e. The molecule has 0 aliphatic heterocycles. The zero-order chi connectivity index (χ0) is 13.5. The van der Waals surface area contributed by atoms with Gasteiger partial charge in [0.1, 0.15) is 0 Å². The van der Waals surface area contributed by atoms with Gasteiger partial charge in [-0.15, -0.1) is 0 Å². The van der Waals surface area contributed by atoms with Crippen molar-refractivity contribution in [1.82, 2.24) is 10.2 Å². The Labute approximate surface area is 111 Å². The standard InChI is InChI=1S/C14H28N2O2/c1-4-16(3)10-11(2)9-15-14(18)12-5-7-13(17)8-6-12/h11-13,17H,4-10H2,1-3H3,(H,15,18)/t11-,12?,13?/m0/s1. The fourth-order valence-electron chi connectivity index (χ4n) is 2.48. The van der Waals surface area contributed by atoms with Crippen molar-refractivity contribution in [2.75, 3.05) is 26.7 Å². The molecule has 1 aliphatic carbocycles. The smallest absolute Gasteiger partial charge is 0.223 e. The van der Waals surface area contributed by atoms with Crippen molar-refractivity contribution in [3.63, 3.8) is 0 Å². The third-order valence-electron chi connectivity index (χ3n) is 3.86. The molecule has 0 heterocycles. The second kappa shape index (κ2) is 7.74. The van der Waals surface area contributed by atoms with E-state index in [1.807, 2.05) is 0 Å². The van der Waals surface area contributed by atoms with Gasteiger partial charge < -0.3 is 15.3 Å². The first-order chi connectivity index (χ1) is 8.52. The lowest BCUT2D eigenvalue weighted by atomic mass is 9.87. The van der Waals surface area contributed by atoms with Gasteiger partial charge in [-0.3, -0.25) is 4.79 Å². The summed E-state index contributed by atoms with van der Waals surface area (Å²) in [7, 11) is 2.10. The molecule has 4 heteroatoms. The Morgan fingerprint density at radius 3 is 2.56 bits per heavy atom. The van der Waals surface area contributed by atoms with Crippen LogP contribution in [-0.4, -0.2) is 48.7 Å². The molecule has 18 heavy (non-hydrogen) atoms. The summed E-state index contributed by atoms with van der Waals surface area (Å²) < 4.78 is 0. The molecule has 1 amide bonds. The second-order valence-electron chi connectivity index (χ2n) is 5.71. The summed E-state index contributed by atoms with van der Waals surface area (Å²) in [5.41, 5.74) is 0. The fourth-order valence-corrected chi connectivity index (χ4v) is 2.48. The highest BCUT2D eigenvalue weighted by atomic mass is 16.3. The van der Waals surface area contributed by atoms with Crippen molar-refractivity contribution < 1.29 is 9.90 Å². The van der Waals surface area contributed by atoms with Crippen LogP contribution in [-0.2, 0) is 4.79 Å². The third-order valence-corrected chi connectivity index (χ3v) is 3.86. The molecule has 0 aromatic carbocycles. The molecule has 1 rings (SSSR count). The SMILES string of the molecule is CCN(C)C[C@@H](C)CNC(=O)C1CCC(O)CC1. The Morgan fingerprint density at radius 1 is 1.39 bits per heavy atom. The van der Waals surface area contributed by atoms with Gasteiger partial charge in [-0.1, -0.05) is 13.8 Å². The van der Waals surface area contributed by atoms with E-state index in [0.29, 0.717) is 5.92 Å². The quantitative estimate of drug-likeness (QED) is 0.752. The lowest BCUT2D eigenvalue weighted by Crippen LogP contribution is -2.38. The van der Waals surface area contributed by atoms with Crippen LogP contribution in [0.1, 0.15) is 39.5 Å². The van der Waals surface area contributed by atoms with Crippen LogP contribution in [0.25, 0.3) is 0 Å². The predicted molar refractivity (Wildman–Crippen MR) is 73.3 cm³/mol. The summed E-state index contributed by atoms with van der Waals surface area (Å²) in [6, 6.07) is 0. The lowest BCUT2D eigenvalue weighted by Gasteiger charge is -2.25. The van der Waals surface area contributed by atoms with E-state index in [4.69, 9.17) is 0 Å². The molecule has 0 spiro atoms. The molecule has 0 bridgehead atoms. The Hall–Kier alpha value is -0.610. The maximum absolute atomic E-state index is 12.0. The Bertz CT molecular complexity index is 250. The Morgan fingerprint density at radius 2 is 2.00 bits per heavy atom. The number of carbonyl (C=O) groups excluding carboxylic acids is 1. The van der Waals surface area contributed by atoms with Crippen LogP contribution in [0.3, 0.4) is 0 Å². The molecule has 0 aromatic heterocycles. The van der Waals surface area contributed by atoms with Gasteiger partial charge in [-0.2, -0.15) is 0 Å². The molecular weight excluding hydrogens is 228 g/mol. The van der Waals surface area contributed by atoms with Crippen molar-refractivity contribution in [2.45, 2.75) is 45.6 Å². The minimum Gasteiger partial charge on any atom is -0.393 e. The first-order valence-electron chi connectivity index (χ1n) is 7.17. The van der Waals surface area contributed by atoms with E-state index < -0.39 is 0 Å². The van der Waals surface area contributed by atoms with Gasteiger partial charge in [-0.25, -0.2) is 0 Å². The lowest BCUT2D eigenvalue weighted by molar-refractivity contribution is -0.126. The van der Waals surface area contributed by atoms with Crippen LogP contribution in [0.4, 0.5) is 0 Å². The van der Waals surface area contributed by atoms with E-state index in [-0.39, 0.29) is 17.9 Å². The molecule has 1 fully saturated rings. The van der Waals surface area contributed by atoms with Crippen LogP contribution in [0.15, 0.2) is 0 Å². The van der Waals surface area contributed by atoms with E-state index in [1.54, 1.807) is 0 Å². The van der Waals surface area contributed by atoms with Crippen LogP contribution in [0, 0.1) is 11.8 Å². The predicted octanol–water partition coefficient (Wildman–Crippen LogP) is 1.24. The Kier molecular flexibility index (Phi) is 6.65. The van der Waals surface area contributed by atoms with Crippen molar-refractivity contribution in [3.05, 3.63) is 0 Å². The first-order valence-corrected chi connectivity index (χ1v) is 7.17. The molecule has 0 saturated heterocycles. The summed E-state index contributed by atoms with van der Waals surface area (Å²) >= 11 is 0. The fraction of sp³-hybridized carbons (Fsp3) is 0.929. The minimum absolute atomic E-state index is 0.115. The number of nitrogens with zero attached hydrogens (tertiary/aromatic N) is 1. The maximum atomic E-state index is 12.0. The summed E-state index contributed by atoms with van der Waals surface area (Å²) in [5, 5.41) is 12.5. The van der Waals surface area contributed by atoms with Crippen molar-refractivity contribution in [3.8, 4) is 0 Å². The monoisotopic (exact) mass is 256 g/mol. The number of hydrogen-bond acceptors (Lipinski definition) is 3. The largest absolute Gasteiger partial charge is 0.393 e. The number of aliphatic hydroxyl groups excluding tert-OH is 1. The second-order valence-corrected chi connectivity index (χ2v) is 5.71. The van der Waals surface area contributed by atoms with E-state index in [9.17, 15) is 9.90 Å². The Balaban J connectivity index is 2.20. The number of rotatable bonds is 6. The first kappa shape index (κ1) is 15.4. The van der Waals surface area contributed by atoms with Crippen molar-refractivity contribution >= 4 is 5.91 Å². The average molecular weight is 256 g/mol. The van der Waals surface area contributed by atoms with Gasteiger partial charge in [-0.05, 0) is 45.2 Å². The van der Waals surface area contributed by atoms with E-state index in [0.717, 1.165) is 45.3 Å². The third kappa shape index (κ3) is 5.36. The molecule has 1 aliphatic rings. The average Bonchev–Trinajstić information content (AvgIpc) is 2.36. The molecule has 1 atom stereocenters. The van der Waals surface area contributed by atoms with Crippen LogP contribution < -0.4 is 5.32 Å². The number of carbonyl (C=O) groups is 1. The molecule has 0 unspecified atom stereocenters. The molecule has 106 valence electrons. The molecule has 0 aromatic rings. The van der Waals surface area contributed by atoms with Crippen LogP contribution in [0.2, 0.25) is 0 Å².